The maximum absolute atomic E-state index is 13.0. The molecule has 2 saturated heterocycles. The van der Waals surface area contributed by atoms with Gasteiger partial charge in [-0.15, -0.1) is 0 Å². The van der Waals surface area contributed by atoms with Gasteiger partial charge in [0.25, 0.3) is 5.91 Å². The minimum absolute atomic E-state index is 0.0615. The zero-order valence-electron chi connectivity index (χ0n) is 16.0. The van der Waals surface area contributed by atoms with Crippen molar-refractivity contribution < 1.29 is 17.7 Å². The number of hydrogen-bond acceptors (Lipinski definition) is 6. The smallest absolute Gasteiger partial charge is 0.253 e. The molecule has 150 valence electrons. The SMILES string of the molecule is CCCS(=O)(=O)N1C[C@H]2CN(C(=O)c3ccccc3)C[C@@]2(c2nc(C)no2)C1. The molecule has 2 aliphatic rings. The third-order valence-electron chi connectivity index (χ3n) is 5.69. The molecule has 2 aromatic rings. The number of rotatable bonds is 5. The molecule has 0 spiro atoms. The monoisotopic (exact) mass is 404 g/mol. The minimum atomic E-state index is -3.34. The first-order chi connectivity index (χ1) is 13.4. The Balaban J connectivity index is 1.66. The molecule has 0 unspecified atom stereocenters. The number of aryl methyl sites for hydroxylation is 1. The van der Waals surface area contributed by atoms with Crippen LogP contribution >= 0.6 is 0 Å². The van der Waals surface area contributed by atoms with Gasteiger partial charge < -0.3 is 9.42 Å². The van der Waals surface area contributed by atoms with Crippen LogP contribution in [-0.2, 0) is 15.4 Å². The normalized spacial score (nSPS) is 25.2. The van der Waals surface area contributed by atoms with Crippen LogP contribution in [0.5, 0.6) is 0 Å². The molecule has 1 amide bonds. The molecule has 2 aliphatic heterocycles. The van der Waals surface area contributed by atoms with E-state index in [1.54, 1.807) is 24.0 Å². The highest BCUT2D eigenvalue weighted by Crippen LogP contribution is 2.45. The number of carbonyl (C=O) groups is 1. The van der Waals surface area contributed by atoms with Gasteiger partial charge in [0.15, 0.2) is 5.82 Å². The van der Waals surface area contributed by atoms with E-state index >= 15 is 0 Å². The maximum atomic E-state index is 13.0. The van der Waals surface area contributed by atoms with Crippen molar-refractivity contribution in [1.29, 1.82) is 0 Å². The fourth-order valence-corrected chi connectivity index (χ4v) is 5.95. The highest BCUT2D eigenvalue weighted by molar-refractivity contribution is 7.89. The molecule has 2 fully saturated rings. The second kappa shape index (κ2) is 6.97. The van der Waals surface area contributed by atoms with Crippen LogP contribution in [0.2, 0.25) is 0 Å². The molecule has 9 heteroatoms. The van der Waals surface area contributed by atoms with Crippen LogP contribution in [0.15, 0.2) is 34.9 Å². The standard InChI is InChI=1S/C19H24N4O4S/c1-3-9-28(25,26)23-11-16-10-22(17(24)15-7-5-4-6-8-15)12-19(16,13-23)18-20-14(2)21-27-18/h4-8,16H,3,9-13H2,1-2H3/t16-,19-/m1/s1. The van der Waals surface area contributed by atoms with Crippen LogP contribution in [0, 0.1) is 12.8 Å². The number of amides is 1. The van der Waals surface area contributed by atoms with Crippen molar-refractivity contribution in [2.75, 3.05) is 31.9 Å². The van der Waals surface area contributed by atoms with Gasteiger partial charge in [-0.3, -0.25) is 4.79 Å². The van der Waals surface area contributed by atoms with Gasteiger partial charge in [-0.05, 0) is 25.5 Å². The first kappa shape index (κ1) is 19.1. The summed E-state index contributed by atoms with van der Waals surface area (Å²) in [7, 11) is -3.34. The quantitative estimate of drug-likeness (QED) is 0.748. The van der Waals surface area contributed by atoms with Crippen molar-refractivity contribution in [3.05, 3.63) is 47.6 Å². The van der Waals surface area contributed by atoms with Gasteiger partial charge in [0.05, 0.1) is 11.2 Å². The minimum Gasteiger partial charge on any atom is -0.339 e. The van der Waals surface area contributed by atoms with Crippen molar-refractivity contribution in [3.63, 3.8) is 0 Å². The molecular weight excluding hydrogens is 380 g/mol. The van der Waals surface area contributed by atoms with Crippen LogP contribution in [-0.4, -0.2) is 65.6 Å². The van der Waals surface area contributed by atoms with E-state index < -0.39 is 15.4 Å². The molecule has 0 saturated carbocycles. The van der Waals surface area contributed by atoms with Gasteiger partial charge in [-0.2, -0.15) is 4.98 Å². The largest absolute Gasteiger partial charge is 0.339 e. The average molecular weight is 404 g/mol. The summed E-state index contributed by atoms with van der Waals surface area (Å²) in [6.45, 7) is 5.05. The number of likely N-dealkylation sites (tertiary alicyclic amines) is 1. The maximum Gasteiger partial charge on any atom is 0.253 e. The van der Waals surface area contributed by atoms with Gasteiger partial charge in [-0.1, -0.05) is 30.3 Å². The van der Waals surface area contributed by atoms with E-state index in [1.807, 2.05) is 25.1 Å². The van der Waals surface area contributed by atoms with Gasteiger partial charge in [0.2, 0.25) is 15.9 Å². The third-order valence-corrected chi connectivity index (χ3v) is 7.68. The van der Waals surface area contributed by atoms with Crippen LogP contribution in [0.1, 0.15) is 35.4 Å². The van der Waals surface area contributed by atoms with Crippen molar-refractivity contribution in [3.8, 4) is 0 Å². The van der Waals surface area contributed by atoms with E-state index in [2.05, 4.69) is 10.1 Å². The Morgan fingerprint density at radius 3 is 2.64 bits per heavy atom. The lowest BCUT2D eigenvalue weighted by Gasteiger charge is -2.26. The highest BCUT2D eigenvalue weighted by Gasteiger charge is 2.59. The predicted molar refractivity (Wildman–Crippen MR) is 102 cm³/mol. The number of benzene rings is 1. The molecule has 0 radical (unpaired) electrons. The van der Waals surface area contributed by atoms with Crippen molar-refractivity contribution in [2.24, 2.45) is 5.92 Å². The number of hydrogen-bond donors (Lipinski definition) is 0. The summed E-state index contributed by atoms with van der Waals surface area (Å²) in [6.07, 6.45) is 0.564. The van der Waals surface area contributed by atoms with Crippen LogP contribution < -0.4 is 0 Å². The Bertz CT molecular complexity index is 975. The number of nitrogens with zero attached hydrogens (tertiary/aromatic N) is 4. The van der Waals surface area contributed by atoms with Crippen molar-refractivity contribution in [2.45, 2.75) is 25.7 Å². The van der Waals surface area contributed by atoms with Gasteiger partial charge in [0, 0.05) is 37.7 Å². The molecule has 3 heterocycles. The molecule has 0 N–H and O–H groups in total. The molecule has 2 atom stereocenters. The van der Waals surface area contributed by atoms with Crippen molar-refractivity contribution in [1.82, 2.24) is 19.3 Å². The summed E-state index contributed by atoms with van der Waals surface area (Å²) < 4.78 is 32.3. The lowest BCUT2D eigenvalue weighted by molar-refractivity contribution is 0.0773. The Labute approximate surface area is 164 Å². The molecule has 1 aromatic carbocycles. The Morgan fingerprint density at radius 2 is 2.00 bits per heavy atom. The van der Waals surface area contributed by atoms with E-state index in [1.165, 1.54) is 4.31 Å². The summed E-state index contributed by atoms with van der Waals surface area (Å²) in [5.41, 5.74) is -0.0400. The fraction of sp³-hybridized carbons (Fsp3) is 0.526. The van der Waals surface area contributed by atoms with Gasteiger partial charge >= 0.3 is 0 Å². The summed E-state index contributed by atoms with van der Waals surface area (Å²) in [6, 6.07) is 9.12. The first-order valence-corrected chi connectivity index (χ1v) is 11.1. The van der Waals surface area contributed by atoms with Crippen LogP contribution in [0.3, 0.4) is 0 Å². The molecule has 1 aromatic heterocycles. The lowest BCUT2D eigenvalue weighted by atomic mass is 9.81. The fourth-order valence-electron chi connectivity index (χ4n) is 4.34. The summed E-state index contributed by atoms with van der Waals surface area (Å²) >= 11 is 0. The zero-order chi connectivity index (χ0) is 19.9. The van der Waals surface area contributed by atoms with E-state index in [4.69, 9.17) is 4.52 Å². The molecule has 0 bridgehead atoms. The number of carbonyl (C=O) groups excluding carboxylic acids is 1. The molecular formula is C19H24N4O4S. The second-order valence-corrected chi connectivity index (χ2v) is 9.75. The van der Waals surface area contributed by atoms with Crippen molar-refractivity contribution >= 4 is 15.9 Å². The van der Waals surface area contributed by atoms with E-state index in [0.717, 1.165) is 0 Å². The Morgan fingerprint density at radius 1 is 1.25 bits per heavy atom. The number of aromatic nitrogens is 2. The topological polar surface area (TPSA) is 96.6 Å². The average Bonchev–Trinajstić information content (AvgIpc) is 3.34. The molecule has 8 nitrogen and oxygen atoms in total. The third kappa shape index (κ3) is 3.12. The number of fused-ring (bicyclic) bond motifs is 1. The van der Waals surface area contributed by atoms with Gasteiger partial charge in [0.1, 0.15) is 0 Å². The number of sulfonamides is 1. The van der Waals surface area contributed by atoms with E-state index in [0.29, 0.717) is 43.3 Å². The Hall–Kier alpha value is -2.26. The van der Waals surface area contributed by atoms with E-state index in [-0.39, 0.29) is 24.1 Å². The summed E-state index contributed by atoms with van der Waals surface area (Å²) in [5.74, 6) is 0.907. The van der Waals surface area contributed by atoms with Crippen LogP contribution in [0.25, 0.3) is 0 Å². The summed E-state index contributed by atoms with van der Waals surface area (Å²) in [5, 5.41) is 3.91. The molecule has 28 heavy (non-hydrogen) atoms. The van der Waals surface area contributed by atoms with Gasteiger partial charge in [-0.25, -0.2) is 12.7 Å². The van der Waals surface area contributed by atoms with Crippen LogP contribution in [0.4, 0.5) is 0 Å². The molecule has 0 aliphatic carbocycles. The molecule has 4 rings (SSSR count). The summed E-state index contributed by atoms with van der Waals surface area (Å²) in [4.78, 5) is 19.2. The lowest BCUT2D eigenvalue weighted by Crippen LogP contribution is -2.41. The second-order valence-electron chi connectivity index (χ2n) is 7.66. The predicted octanol–water partition coefficient (Wildman–Crippen LogP) is 1.44. The first-order valence-electron chi connectivity index (χ1n) is 9.48. The zero-order valence-corrected chi connectivity index (χ0v) is 16.9. The van der Waals surface area contributed by atoms with E-state index in [9.17, 15) is 13.2 Å². The highest BCUT2D eigenvalue weighted by atomic mass is 32.2. The Kier molecular flexibility index (Phi) is 4.75.